The van der Waals surface area contributed by atoms with Gasteiger partial charge in [-0.05, 0) is 6.42 Å². The molecule has 1 rings (SSSR count). The van der Waals surface area contributed by atoms with Crippen LogP contribution >= 0.6 is 0 Å². The molecule has 0 aromatic heterocycles. The van der Waals surface area contributed by atoms with E-state index in [0.29, 0.717) is 32.6 Å². The van der Waals surface area contributed by atoms with E-state index in [4.69, 9.17) is 0 Å². The van der Waals surface area contributed by atoms with E-state index in [1.54, 1.807) is 4.90 Å². The molecule has 0 aromatic rings. The summed E-state index contributed by atoms with van der Waals surface area (Å²) in [6.07, 6.45) is 1.34. The lowest BCUT2D eigenvalue weighted by molar-refractivity contribution is -0.121. The molecule has 1 fully saturated rings. The smallest absolute Gasteiger partial charge is 0.317 e. The molecule has 3 amide bonds. The summed E-state index contributed by atoms with van der Waals surface area (Å²) in [6.45, 7) is 4.63. The van der Waals surface area contributed by atoms with Crippen molar-refractivity contribution >= 4 is 11.9 Å². The highest BCUT2D eigenvalue weighted by atomic mass is 16.2. The van der Waals surface area contributed by atoms with E-state index in [1.807, 2.05) is 6.92 Å². The molecule has 0 bridgehead atoms. The summed E-state index contributed by atoms with van der Waals surface area (Å²) in [5, 5.41) is 5.47. The average molecular weight is 199 g/mol. The summed E-state index contributed by atoms with van der Waals surface area (Å²) in [5.41, 5.74) is 0. The van der Waals surface area contributed by atoms with Crippen LogP contribution in [0.4, 0.5) is 4.79 Å². The third-order valence-corrected chi connectivity index (χ3v) is 2.13. The molecule has 1 aliphatic heterocycles. The maximum Gasteiger partial charge on any atom is 0.317 e. The predicted molar refractivity (Wildman–Crippen MR) is 52.9 cm³/mol. The lowest BCUT2D eigenvalue weighted by atomic mass is 10.3. The molecule has 5 heteroatoms. The van der Waals surface area contributed by atoms with Gasteiger partial charge in [0.2, 0.25) is 5.91 Å². The Labute approximate surface area is 83.8 Å². The van der Waals surface area contributed by atoms with Crippen LogP contribution in [-0.4, -0.2) is 43.0 Å². The Morgan fingerprint density at radius 2 is 2.43 bits per heavy atom. The minimum atomic E-state index is -0.0618. The number of hydrogen-bond acceptors (Lipinski definition) is 2. The fourth-order valence-electron chi connectivity index (χ4n) is 1.31. The molecule has 1 heterocycles. The Hall–Kier alpha value is -1.26. The van der Waals surface area contributed by atoms with Crippen LogP contribution in [0.2, 0.25) is 0 Å². The fourth-order valence-corrected chi connectivity index (χ4v) is 1.31. The van der Waals surface area contributed by atoms with Crippen LogP contribution in [0.3, 0.4) is 0 Å². The molecule has 0 unspecified atom stereocenters. The number of nitrogens with zero attached hydrogens (tertiary/aromatic N) is 1. The topological polar surface area (TPSA) is 61.4 Å². The lowest BCUT2D eigenvalue weighted by Gasteiger charge is -2.13. The van der Waals surface area contributed by atoms with Crippen LogP contribution in [0.25, 0.3) is 0 Å². The van der Waals surface area contributed by atoms with Gasteiger partial charge in [-0.3, -0.25) is 4.79 Å². The van der Waals surface area contributed by atoms with Gasteiger partial charge in [0.25, 0.3) is 0 Å². The summed E-state index contributed by atoms with van der Waals surface area (Å²) in [7, 11) is 0. The number of carbonyl (C=O) groups excluding carboxylic acids is 2. The van der Waals surface area contributed by atoms with E-state index >= 15 is 0 Å². The predicted octanol–water partition coefficient (Wildman–Crippen LogP) is -0.0721. The fraction of sp³-hybridized carbons (Fsp3) is 0.778. The molecule has 0 atom stereocenters. The van der Waals surface area contributed by atoms with Gasteiger partial charge in [-0.25, -0.2) is 4.79 Å². The van der Waals surface area contributed by atoms with E-state index < -0.39 is 0 Å². The first-order chi connectivity index (χ1) is 6.74. The lowest BCUT2D eigenvalue weighted by Crippen LogP contribution is -2.33. The quantitative estimate of drug-likeness (QED) is 0.651. The molecule has 0 radical (unpaired) electrons. The van der Waals surface area contributed by atoms with Crippen molar-refractivity contribution in [2.75, 3.05) is 26.2 Å². The molecular weight excluding hydrogens is 182 g/mol. The van der Waals surface area contributed by atoms with Gasteiger partial charge in [-0.2, -0.15) is 0 Å². The molecule has 2 N–H and O–H groups in total. The van der Waals surface area contributed by atoms with E-state index in [9.17, 15) is 9.59 Å². The summed E-state index contributed by atoms with van der Waals surface area (Å²) >= 11 is 0. The summed E-state index contributed by atoms with van der Waals surface area (Å²) in [6, 6.07) is -0.0618. The maximum atomic E-state index is 11.2. The number of amides is 3. The minimum absolute atomic E-state index is 0.0200. The first-order valence-electron chi connectivity index (χ1n) is 5.03. The van der Waals surface area contributed by atoms with Crippen molar-refractivity contribution in [3.63, 3.8) is 0 Å². The van der Waals surface area contributed by atoms with E-state index in [-0.39, 0.29) is 11.9 Å². The molecule has 1 aliphatic rings. The minimum Gasteiger partial charge on any atom is -0.356 e. The molecule has 0 aromatic carbocycles. The van der Waals surface area contributed by atoms with Gasteiger partial charge >= 0.3 is 6.03 Å². The molecule has 0 aliphatic carbocycles. The van der Waals surface area contributed by atoms with Crippen LogP contribution < -0.4 is 10.6 Å². The van der Waals surface area contributed by atoms with Gasteiger partial charge in [0.05, 0.1) is 0 Å². The molecule has 1 saturated heterocycles. The first-order valence-corrected chi connectivity index (χ1v) is 5.03. The Morgan fingerprint density at radius 1 is 1.64 bits per heavy atom. The summed E-state index contributed by atoms with van der Waals surface area (Å²) in [5.74, 6) is 0.0200. The molecule has 80 valence electrons. The standard InChI is InChI=1S/C9H17N3O2/c1-2-4-10-8(13)3-6-12-7-5-11-9(12)14/h2-7H2,1H3,(H,10,13)(H,11,14). The highest BCUT2D eigenvalue weighted by Gasteiger charge is 2.19. The largest absolute Gasteiger partial charge is 0.356 e. The Balaban J connectivity index is 2.13. The second-order valence-electron chi connectivity index (χ2n) is 3.32. The van der Waals surface area contributed by atoms with Crippen LogP contribution in [0.1, 0.15) is 19.8 Å². The van der Waals surface area contributed by atoms with Gasteiger partial charge in [0.15, 0.2) is 0 Å². The Kier molecular flexibility index (Phi) is 4.22. The first kappa shape index (κ1) is 10.8. The van der Waals surface area contributed by atoms with Crippen molar-refractivity contribution in [2.45, 2.75) is 19.8 Å². The van der Waals surface area contributed by atoms with Crippen molar-refractivity contribution in [1.82, 2.24) is 15.5 Å². The van der Waals surface area contributed by atoms with Crippen molar-refractivity contribution in [2.24, 2.45) is 0 Å². The van der Waals surface area contributed by atoms with Gasteiger partial charge in [-0.15, -0.1) is 0 Å². The van der Waals surface area contributed by atoms with E-state index in [1.165, 1.54) is 0 Å². The second-order valence-corrected chi connectivity index (χ2v) is 3.32. The highest BCUT2D eigenvalue weighted by molar-refractivity contribution is 5.79. The van der Waals surface area contributed by atoms with Gasteiger partial charge in [0, 0.05) is 32.6 Å². The normalized spacial score (nSPS) is 15.5. The highest BCUT2D eigenvalue weighted by Crippen LogP contribution is 1.97. The summed E-state index contributed by atoms with van der Waals surface area (Å²) < 4.78 is 0. The third-order valence-electron chi connectivity index (χ3n) is 2.13. The second kappa shape index (κ2) is 5.47. The van der Waals surface area contributed by atoms with Crippen LogP contribution in [0.5, 0.6) is 0 Å². The molecule has 0 saturated carbocycles. The number of urea groups is 1. The number of carbonyl (C=O) groups is 2. The maximum absolute atomic E-state index is 11.2. The number of hydrogen-bond donors (Lipinski definition) is 2. The van der Waals surface area contributed by atoms with Gasteiger partial charge < -0.3 is 15.5 Å². The molecule has 5 nitrogen and oxygen atoms in total. The van der Waals surface area contributed by atoms with Crippen molar-refractivity contribution in [3.05, 3.63) is 0 Å². The SMILES string of the molecule is CCCNC(=O)CCN1CCNC1=O. The van der Waals surface area contributed by atoms with Crippen molar-refractivity contribution in [1.29, 1.82) is 0 Å². The average Bonchev–Trinajstić information content (AvgIpc) is 2.58. The monoisotopic (exact) mass is 199 g/mol. The summed E-state index contributed by atoms with van der Waals surface area (Å²) in [4.78, 5) is 23.9. The number of rotatable bonds is 5. The van der Waals surface area contributed by atoms with Crippen LogP contribution in [0, 0.1) is 0 Å². The third kappa shape index (κ3) is 3.24. The van der Waals surface area contributed by atoms with Crippen LogP contribution in [0.15, 0.2) is 0 Å². The Bertz CT molecular complexity index is 218. The molecular formula is C9H17N3O2. The van der Waals surface area contributed by atoms with E-state index in [0.717, 1.165) is 6.42 Å². The van der Waals surface area contributed by atoms with Gasteiger partial charge in [-0.1, -0.05) is 6.92 Å². The zero-order chi connectivity index (χ0) is 10.4. The number of nitrogens with one attached hydrogen (secondary N) is 2. The van der Waals surface area contributed by atoms with E-state index in [2.05, 4.69) is 10.6 Å². The van der Waals surface area contributed by atoms with Crippen molar-refractivity contribution in [3.8, 4) is 0 Å². The zero-order valence-electron chi connectivity index (χ0n) is 8.51. The van der Waals surface area contributed by atoms with Gasteiger partial charge in [0.1, 0.15) is 0 Å². The zero-order valence-corrected chi connectivity index (χ0v) is 8.51. The molecule has 0 spiro atoms. The van der Waals surface area contributed by atoms with Crippen LogP contribution in [-0.2, 0) is 4.79 Å². The Morgan fingerprint density at radius 3 is 3.00 bits per heavy atom. The van der Waals surface area contributed by atoms with Crippen molar-refractivity contribution < 1.29 is 9.59 Å². The molecule has 14 heavy (non-hydrogen) atoms.